The SMILES string of the molecule is COC(=O)c1ccc(OC(C)C)c(NC(=O)CCc2nc3ncccc3[nH]2)c1. The quantitative estimate of drug-likeness (QED) is 0.608. The van der Waals surface area contributed by atoms with Crippen LogP contribution in [0.3, 0.4) is 0 Å². The van der Waals surface area contributed by atoms with E-state index in [9.17, 15) is 9.59 Å². The van der Waals surface area contributed by atoms with Gasteiger partial charge in [-0.15, -0.1) is 0 Å². The number of ether oxygens (including phenoxy) is 2. The molecule has 0 spiro atoms. The number of hydrogen-bond acceptors (Lipinski definition) is 6. The lowest BCUT2D eigenvalue weighted by molar-refractivity contribution is -0.116. The van der Waals surface area contributed by atoms with Crippen molar-refractivity contribution in [2.75, 3.05) is 12.4 Å². The van der Waals surface area contributed by atoms with Crippen molar-refractivity contribution < 1.29 is 19.1 Å². The summed E-state index contributed by atoms with van der Waals surface area (Å²) in [6.07, 6.45) is 2.23. The van der Waals surface area contributed by atoms with Gasteiger partial charge in [0.25, 0.3) is 0 Å². The molecule has 2 N–H and O–H groups in total. The number of esters is 1. The van der Waals surface area contributed by atoms with Crippen molar-refractivity contribution in [1.29, 1.82) is 0 Å². The van der Waals surface area contributed by atoms with Crippen molar-refractivity contribution >= 4 is 28.7 Å². The number of nitrogens with one attached hydrogen (secondary N) is 2. The molecule has 0 saturated heterocycles. The summed E-state index contributed by atoms with van der Waals surface area (Å²) in [5.74, 6) is 0.472. The van der Waals surface area contributed by atoms with E-state index in [-0.39, 0.29) is 18.4 Å². The van der Waals surface area contributed by atoms with E-state index in [1.165, 1.54) is 7.11 Å². The second-order valence-corrected chi connectivity index (χ2v) is 6.48. The van der Waals surface area contributed by atoms with Gasteiger partial charge in [-0.2, -0.15) is 0 Å². The number of carbonyl (C=O) groups is 2. The summed E-state index contributed by atoms with van der Waals surface area (Å²) in [6.45, 7) is 3.77. The fourth-order valence-corrected chi connectivity index (χ4v) is 2.69. The Bertz CT molecular complexity index is 964. The number of aryl methyl sites for hydroxylation is 1. The number of hydrogen-bond donors (Lipinski definition) is 2. The van der Waals surface area contributed by atoms with Crippen LogP contribution in [-0.4, -0.2) is 40.0 Å². The monoisotopic (exact) mass is 382 g/mol. The number of aromatic amines is 1. The zero-order chi connectivity index (χ0) is 20.1. The van der Waals surface area contributed by atoms with Gasteiger partial charge in [-0.1, -0.05) is 0 Å². The maximum absolute atomic E-state index is 12.4. The van der Waals surface area contributed by atoms with Crippen molar-refractivity contribution in [2.24, 2.45) is 0 Å². The predicted molar refractivity (Wildman–Crippen MR) is 104 cm³/mol. The minimum Gasteiger partial charge on any atom is -0.489 e. The van der Waals surface area contributed by atoms with E-state index in [0.29, 0.717) is 34.9 Å². The Labute approximate surface area is 162 Å². The van der Waals surface area contributed by atoms with Crippen molar-refractivity contribution in [3.63, 3.8) is 0 Å². The molecule has 0 aliphatic carbocycles. The summed E-state index contributed by atoms with van der Waals surface area (Å²) in [7, 11) is 1.31. The van der Waals surface area contributed by atoms with E-state index in [2.05, 4.69) is 20.3 Å². The lowest BCUT2D eigenvalue weighted by atomic mass is 10.1. The normalized spacial score (nSPS) is 10.9. The number of fused-ring (bicyclic) bond motifs is 1. The number of H-pyrrole nitrogens is 1. The van der Waals surface area contributed by atoms with E-state index in [0.717, 1.165) is 5.52 Å². The van der Waals surface area contributed by atoms with E-state index in [1.54, 1.807) is 24.4 Å². The van der Waals surface area contributed by atoms with Gasteiger partial charge in [0, 0.05) is 19.0 Å². The fraction of sp³-hybridized carbons (Fsp3) is 0.300. The largest absolute Gasteiger partial charge is 0.489 e. The van der Waals surface area contributed by atoms with Gasteiger partial charge >= 0.3 is 5.97 Å². The summed E-state index contributed by atoms with van der Waals surface area (Å²) in [6, 6.07) is 8.49. The third-order valence-corrected chi connectivity index (χ3v) is 3.93. The van der Waals surface area contributed by atoms with Gasteiger partial charge < -0.3 is 19.8 Å². The standard InChI is InChI=1S/C20H22N4O4/c1-12(2)28-16-7-6-13(20(26)27-3)11-15(16)23-18(25)9-8-17-22-14-5-4-10-21-19(14)24-17/h4-7,10-12H,8-9H2,1-3H3,(H,23,25)(H,21,22,24). The molecule has 0 radical (unpaired) electrons. The fourth-order valence-electron chi connectivity index (χ4n) is 2.69. The number of imidazole rings is 1. The van der Waals surface area contributed by atoms with E-state index >= 15 is 0 Å². The molecule has 8 heteroatoms. The van der Waals surface area contributed by atoms with Crippen LogP contribution in [0.2, 0.25) is 0 Å². The Morgan fingerprint density at radius 2 is 2.07 bits per heavy atom. The van der Waals surface area contributed by atoms with Crippen LogP contribution in [0.1, 0.15) is 36.5 Å². The average molecular weight is 382 g/mol. The van der Waals surface area contributed by atoms with Crippen molar-refractivity contribution in [2.45, 2.75) is 32.8 Å². The molecule has 3 rings (SSSR count). The summed E-state index contributed by atoms with van der Waals surface area (Å²) in [5, 5.41) is 2.81. The van der Waals surface area contributed by atoms with Crippen LogP contribution in [-0.2, 0) is 16.0 Å². The first-order valence-corrected chi connectivity index (χ1v) is 8.94. The van der Waals surface area contributed by atoms with Crippen LogP contribution in [0.4, 0.5) is 5.69 Å². The number of anilines is 1. The number of nitrogens with zero attached hydrogens (tertiary/aromatic N) is 2. The minimum atomic E-state index is -0.485. The van der Waals surface area contributed by atoms with Gasteiger partial charge in [0.2, 0.25) is 5.91 Å². The Kier molecular flexibility index (Phi) is 5.88. The van der Waals surface area contributed by atoms with Gasteiger partial charge in [-0.05, 0) is 44.2 Å². The molecule has 0 bridgehead atoms. The van der Waals surface area contributed by atoms with Crippen LogP contribution in [0, 0.1) is 0 Å². The molecule has 2 heterocycles. The molecular formula is C20H22N4O4. The average Bonchev–Trinajstić information content (AvgIpc) is 3.09. The number of rotatable bonds is 7. The first-order valence-electron chi connectivity index (χ1n) is 8.94. The highest BCUT2D eigenvalue weighted by atomic mass is 16.5. The van der Waals surface area contributed by atoms with Crippen LogP contribution < -0.4 is 10.1 Å². The Morgan fingerprint density at radius 1 is 1.25 bits per heavy atom. The smallest absolute Gasteiger partial charge is 0.337 e. The zero-order valence-corrected chi connectivity index (χ0v) is 16.0. The van der Waals surface area contributed by atoms with Crippen LogP contribution in [0.5, 0.6) is 5.75 Å². The van der Waals surface area contributed by atoms with Crippen LogP contribution in [0.25, 0.3) is 11.2 Å². The molecule has 0 saturated carbocycles. The Balaban J connectivity index is 1.71. The van der Waals surface area contributed by atoms with Crippen molar-refractivity contribution in [3.05, 3.63) is 47.9 Å². The molecule has 0 aliphatic rings. The predicted octanol–water partition coefficient (Wildman–Crippen LogP) is 3.10. The lowest BCUT2D eigenvalue weighted by Gasteiger charge is -2.16. The van der Waals surface area contributed by atoms with Gasteiger partial charge in [0.15, 0.2) is 5.65 Å². The summed E-state index contributed by atoms with van der Waals surface area (Å²) in [5.41, 5.74) is 2.21. The molecule has 0 unspecified atom stereocenters. The Hall–Kier alpha value is -3.42. The topological polar surface area (TPSA) is 106 Å². The number of amides is 1. The van der Waals surface area contributed by atoms with E-state index in [1.807, 2.05) is 26.0 Å². The number of methoxy groups -OCH3 is 1. The highest BCUT2D eigenvalue weighted by molar-refractivity contribution is 5.96. The summed E-state index contributed by atoms with van der Waals surface area (Å²) >= 11 is 0. The third-order valence-electron chi connectivity index (χ3n) is 3.93. The summed E-state index contributed by atoms with van der Waals surface area (Å²) < 4.78 is 10.5. The summed E-state index contributed by atoms with van der Waals surface area (Å²) in [4.78, 5) is 35.9. The molecule has 0 atom stereocenters. The second kappa shape index (κ2) is 8.51. The van der Waals surface area contributed by atoms with Crippen molar-refractivity contribution in [1.82, 2.24) is 15.0 Å². The molecule has 28 heavy (non-hydrogen) atoms. The first-order chi connectivity index (χ1) is 13.5. The van der Waals surface area contributed by atoms with Crippen LogP contribution >= 0.6 is 0 Å². The number of aromatic nitrogens is 3. The van der Waals surface area contributed by atoms with Gasteiger partial charge in [-0.25, -0.2) is 14.8 Å². The van der Waals surface area contributed by atoms with Gasteiger partial charge in [0.1, 0.15) is 11.6 Å². The van der Waals surface area contributed by atoms with Gasteiger partial charge in [0.05, 0.1) is 30.0 Å². The zero-order valence-electron chi connectivity index (χ0n) is 16.0. The molecule has 8 nitrogen and oxygen atoms in total. The maximum atomic E-state index is 12.4. The molecule has 1 amide bonds. The second-order valence-electron chi connectivity index (χ2n) is 6.48. The van der Waals surface area contributed by atoms with Gasteiger partial charge in [-0.3, -0.25) is 4.79 Å². The number of benzene rings is 1. The minimum absolute atomic E-state index is 0.0809. The first kappa shape index (κ1) is 19.3. The Morgan fingerprint density at radius 3 is 2.79 bits per heavy atom. The number of pyridine rings is 1. The molecular weight excluding hydrogens is 360 g/mol. The molecule has 1 aromatic carbocycles. The van der Waals surface area contributed by atoms with E-state index in [4.69, 9.17) is 9.47 Å². The van der Waals surface area contributed by atoms with E-state index < -0.39 is 5.97 Å². The molecule has 3 aromatic rings. The maximum Gasteiger partial charge on any atom is 0.337 e. The highest BCUT2D eigenvalue weighted by Crippen LogP contribution is 2.27. The lowest BCUT2D eigenvalue weighted by Crippen LogP contribution is -2.16. The third kappa shape index (κ3) is 4.64. The highest BCUT2D eigenvalue weighted by Gasteiger charge is 2.15. The van der Waals surface area contributed by atoms with Crippen LogP contribution in [0.15, 0.2) is 36.5 Å². The molecule has 0 aliphatic heterocycles. The number of carbonyl (C=O) groups excluding carboxylic acids is 2. The van der Waals surface area contributed by atoms with Crippen molar-refractivity contribution in [3.8, 4) is 5.75 Å². The molecule has 2 aromatic heterocycles. The molecule has 0 fully saturated rings. The molecule has 146 valence electrons.